The molecule has 2 N–H and O–H groups in total. The number of amides is 2. The van der Waals surface area contributed by atoms with Crippen LogP contribution in [0.1, 0.15) is 45.5 Å². The van der Waals surface area contributed by atoms with Gasteiger partial charge in [-0.3, -0.25) is 9.80 Å². The van der Waals surface area contributed by atoms with E-state index in [2.05, 4.69) is 56.5 Å². The normalized spacial score (nSPS) is 17.4. The van der Waals surface area contributed by atoms with Gasteiger partial charge >= 0.3 is 12.4 Å². The van der Waals surface area contributed by atoms with Crippen molar-refractivity contribution in [1.29, 1.82) is 0 Å². The minimum Gasteiger partial charge on any atom is -0.493 e. The van der Waals surface area contributed by atoms with Crippen LogP contribution in [-0.2, 0) is 25.7 Å². The molecular weight excluding hydrogens is 794 g/mol. The summed E-state index contributed by atoms with van der Waals surface area (Å²) in [5.74, 6) is 3.54. The molecule has 0 fully saturated rings. The fraction of sp³-hybridized carbons (Fsp3) is 0.326. The van der Waals surface area contributed by atoms with Crippen molar-refractivity contribution in [2.24, 2.45) is 0 Å². The maximum atomic E-state index is 13.6. The average molecular weight is 841 g/mol. The molecule has 6 bridgehead atoms. The number of halogens is 3. The van der Waals surface area contributed by atoms with Gasteiger partial charge in [-0.15, -0.1) is 13.2 Å². The van der Waals surface area contributed by atoms with Crippen LogP contribution in [0.4, 0.5) is 29.3 Å². The summed E-state index contributed by atoms with van der Waals surface area (Å²) in [4.78, 5) is 18.2. The summed E-state index contributed by atoms with van der Waals surface area (Å²) in [7, 11) is 10.5. The number of nitrogens with one attached hydrogen (secondary N) is 2. The average Bonchev–Trinajstić information content (AvgIpc) is 3.23. The lowest BCUT2D eigenvalue weighted by Gasteiger charge is -2.37. The van der Waals surface area contributed by atoms with Gasteiger partial charge in [-0.2, -0.15) is 0 Å². The van der Waals surface area contributed by atoms with E-state index in [4.69, 9.17) is 28.4 Å². The number of benzene rings is 5. The zero-order valence-electron chi connectivity index (χ0n) is 34.7. The molecule has 2 atom stereocenters. The molecule has 0 saturated carbocycles. The summed E-state index contributed by atoms with van der Waals surface area (Å²) in [5, 5.41) is 5.65. The van der Waals surface area contributed by atoms with E-state index in [1.807, 2.05) is 31.3 Å². The van der Waals surface area contributed by atoms with Gasteiger partial charge in [-0.05, 0) is 128 Å². The fourth-order valence-electron chi connectivity index (χ4n) is 8.48. The molecule has 15 heteroatoms. The summed E-state index contributed by atoms with van der Waals surface area (Å²) >= 11 is 0. The largest absolute Gasteiger partial charge is 0.573 e. The lowest BCUT2D eigenvalue weighted by Crippen LogP contribution is -2.34. The molecule has 0 unspecified atom stereocenters. The smallest absolute Gasteiger partial charge is 0.493 e. The van der Waals surface area contributed by atoms with Crippen LogP contribution >= 0.6 is 0 Å². The number of carbonyl (C=O) groups is 1. The standard InChI is InChI=1S/C46H47F3N4O8/c1-52-17-15-27-21-37(55-3)40-24-33(27)35(52)19-26-7-11-31(12-8-26)59-39-23-29(20-36-42-28(16-18-53(36)2)22-41(57-5)43(58-6)44(42)60-40)34(25-38(39)56-4)51-45(54)50-30-9-13-32(14-10-30)61-46(47,48)49/h7-14,21-25,35-36H,15-20H2,1-6H3,(H2,50,51,54)/t35-,36-/m0/s1. The minimum absolute atomic E-state index is 0.0605. The number of rotatable bonds is 7. The number of nitrogens with zero attached hydrogens (tertiary/aromatic N) is 2. The van der Waals surface area contributed by atoms with Crippen LogP contribution < -0.4 is 43.8 Å². The van der Waals surface area contributed by atoms with Crippen molar-refractivity contribution in [2.45, 2.75) is 44.1 Å². The number of methoxy groups -OCH3 is 4. The number of likely N-dealkylation sites (N-methyl/N-ethyl adjacent to an activating group) is 2. The quantitative estimate of drug-likeness (QED) is 0.164. The van der Waals surface area contributed by atoms with Gasteiger partial charge in [0.25, 0.3) is 0 Å². The Balaban J connectivity index is 1.27. The Labute approximate surface area is 352 Å². The predicted molar refractivity (Wildman–Crippen MR) is 223 cm³/mol. The number of carbonyl (C=O) groups excluding carboxylic acids is 1. The first-order valence-corrected chi connectivity index (χ1v) is 19.8. The van der Waals surface area contributed by atoms with Crippen molar-refractivity contribution in [3.05, 3.63) is 112 Å². The van der Waals surface area contributed by atoms with Crippen molar-refractivity contribution in [3.8, 4) is 51.7 Å². The Morgan fingerprint density at radius 3 is 2.00 bits per heavy atom. The molecule has 0 aromatic heterocycles. The van der Waals surface area contributed by atoms with Gasteiger partial charge in [0.2, 0.25) is 5.75 Å². The zero-order valence-corrected chi connectivity index (χ0v) is 34.7. The molecule has 0 aliphatic carbocycles. The highest BCUT2D eigenvalue weighted by molar-refractivity contribution is 6.00. The number of ether oxygens (including phenoxy) is 7. The van der Waals surface area contributed by atoms with Gasteiger partial charge in [0.05, 0.1) is 28.4 Å². The van der Waals surface area contributed by atoms with Gasteiger partial charge in [0, 0.05) is 48.2 Å². The Morgan fingerprint density at radius 2 is 1.33 bits per heavy atom. The highest BCUT2D eigenvalue weighted by Gasteiger charge is 2.36. The van der Waals surface area contributed by atoms with Gasteiger partial charge < -0.3 is 43.8 Å². The molecule has 61 heavy (non-hydrogen) atoms. The van der Waals surface area contributed by atoms with Gasteiger partial charge in [-0.25, -0.2) is 4.79 Å². The fourth-order valence-corrected chi connectivity index (χ4v) is 8.48. The van der Waals surface area contributed by atoms with E-state index in [-0.39, 0.29) is 17.8 Å². The number of alkyl halides is 3. The first kappa shape index (κ1) is 41.4. The highest BCUT2D eigenvalue weighted by Crippen LogP contribution is 2.52. The molecule has 4 aliphatic rings. The Kier molecular flexibility index (Phi) is 11.5. The van der Waals surface area contributed by atoms with Crippen molar-refractivity contribution in [2.75, 3.05) is 66.3 Å². The van der Waals surface area contributed by atoms with E-state index in [1.54, 1.807) is 27.4 Å². The Hall–Kier alpha value is -6.32. The number of hydrogen-bond acceptors (Lipinski definition) is 10. The lowest BCUT2D eigenvalue weighted by atomic mass is 9.86. The molecule has 320 valence electrons. The molecule has 9 rings (SSSR count). The van der Waals surface area contributed by atoms with Crippen LogP contribution in [0.3, 0.4) is 0 Å². The van der Waals surface area contributed by atoms with Crippen molar-refractivity contribution < 1.29 is 51.1 Å². The second kappa shape index (κ2) is 17.0. The van der Waals surface area contributed by atoms with Gasteiger partial charge in [-0.1, -0.05) is 12.1 Å². The molecule has 12 nitrogen and oxygen atoms in total. The summed E-state index contributed by atoms with van der Waals surface area (Å²) in [6, 6.07) is 21.7. The van der Waals surface area contributed by atoms with Crippen LogP contribution in [0.2, 0.25) is 0 Å². The van der Waals surface area contributed by atoms with E-state index in [0.717, 1.165) is 53.8 Å². The van der Waals surface area contributed by atoms with E-state index in [1.165, 1.54) is 24.8 Å². The molecule has 0 saturated heterocycles. The lowest BCUT2D eigenvalue weighted by molar-refractivity contribution is -0.274. The highest BCUT2D eigenvalue weighted by atomic mass is 19.4. The third-order valence-electron chi connectivity index (χ3n) is 11.6. The Bertz CT molecular complexity index is 2430. The summed E-state index contributed by atoms with van der Waals surface area (Å²) in [6.07, 6.45) is -2.21. The second-order valence-corrected chi connectivity index (χ2v) is 15.3. The van der Waals surface area contributed by atoms with Crippen molar-refractivity contribution >= 4 is 17.4 Å². The second-order valence-electron chi connectivity index (χ2n) is 15.3. The monoisotopic (exact) mass is 840 g/mol. The number of urea groups is 1. The summed E-state index contributed by atoms with van der Waals surface area (Å²) < 4.78 is 79.7. The zero-order chi connectivity index (χ0) is 43.0. The molecule has 5 aromatic carbocycles. The van der Waals surface area contributed by atoms with E-state index in [0.29, 0.717) is 76.6 Å². The van der Waals surface area contributed by atoms with Crippen LogP contribution in [0, 0.1) is 0 Å². The first-order valence-electron chi connectivity index (χ1n) is 19.8. The van der Waals surface area contributed by atoms with Gasteiger partial charge in [0.1, 0.15) is 11.5 Å². The van der Waals surface area contributed by atoms with Crippen LogP contribution in [-0.4, -0.2) is 77.8 Å². The maximum Gasteiger partial charge on any atom is 0.573 e. The van der Waals surface area contributed by atoms with E-state index >= 15 is 0 Å². The summed E-state index contributed by atoms with van der Waals surface area (Å²) in [5.41, 5.74) is 6.71. The molecule has 4 aliphatic heterocycles. The van der Waals surface area contributed by atoms with E-state index < -0.39 is 18.1 Å². The van der Waals surface area contributed by atoms with Crippen LogP contribution in [0.25, 0.3) is 0 Å². The van der Waals surface area contributed by atoms with Crippen molar-refractivity contribution in [3.63, 3.8) is 0 Å². The van der Waals surface area contributed by atoms with Crippen LogP contribution in [0.5, 0.6) is 51.7 Å². The first-order chi connectivity index (χ1) is 29.3. The molecule has 2 amide bonds. The van der Waals surface area contributed by atoms with E-state index in [9.17, 15) is 18.0 Å². The topological polar surface area (TPSA) is 112 Å². The van der Waals surface area contributed by atoms with Gasteiger partial charge in [0.15, 0.2) is 34.5 Å². The predicted octanol–water partition coefficient (Wildman–Crippen LogP) is 9.71. The molecule has 0 radical (unpaired) electrons. The van der Waals surface area contributed by atoms with Crippen molar-refractivity contribution in [1.82, 2.24) is 9.80 Å². The number of fused-ring (bicyclic) bond motifs is 2. The molecule has 4 heterocycles. The summed E-state index contributed by atoms with van der Waals surface area (Å²) in [6.45, 7) is 1.59. The molecular formula is C46H47F3N4O8. The Morgan fingerprint density at radius 1 is 0.689 bits per heavy atom. The third-order valence-corrected chi connectivity index (χ3v) is 11.6. The van der Waals surface area contributed by atoms with Crippen LogP contribution in [0.15, 0.2) is 78.9 Å². The number of hydrogen-bond donors (Lipinski definition) is 2. The third kappa shape index (κ3) is 8.66. The maximum absolute atomic E-state index is 13.6. The minimum atomic E-state index is -4.85. The number of anilines is 2. The SMILES string of the molecule is COc1cc(NC(=O)Nc2ccc(OC(F)(F)F)cc2)c2cc1Oc1ccc(cc1)C[C@H]1c3cc(c(OC)cc3CCN1C)Oc1c(OC)c(OC)cc3c1[C@H](C2)N(C)CC3. The molecule has 0 spiro atoms. The molecule has 5 aromatic rings.